The Kier molecular flexibility index (Phi) is 13.3. The Bertz CT molecular complexity index is 835. The van der Waals surface area contributed by atoms with Crippen molar-refractivity contribution >= 4 is 22.2 Å². The largest absolute Gasteiger partial charge is 0.373 e. The fraction of sp³-hybridized carbons (Fsp3) is 0.440. The molecule has 0 atom stereocenters. The predicted octanol–water partition coefficient (Wildman–Crippen LogP) is 8.12. The molecule has 3 nitrogen and oxygen atoms in total. The molecule has 0 saturated heterocycles. The second kappa shape index (κ2) is 14.5. The van der Waals surface area contributed by atoms with Gasteiger partial charge in [0.05, 0.1) is 5.69 Å². The van der Waals surface area contributed by atoms with Gasteiger partial charge in [-0.25, -0.2) is 9.37 Å². The van der Waals surface area contributed by atoms with Crippen LogP contribution >= 0.6 is 0 Å². The van der Waals surface area contributed by atoms with Crippen molar-refractivity contribution in [3.63, 3.8) is 0 Å². The molecule has 29 heavy (non-hydrogen) atoms. The molecule has 1 N–H and O–H groups in total. The highest BCUT2D eigenvalue weighted by molar-refractivity contribution is 5.88. The summed E-state index contributed by atoms with van der Waals surface area (Å²) < 4.78 is 14.6. The van der Waals surface area contributed by atoms with Crippen molar-refractivity contribution in [3.05, 3.63) is 59.8 Å². The Balaban J connectivity index is 0.00000143. The minimum absolute atomic E-state index is 0.240. The van der Waals surface area contributed by atoms with E-state index in [0.29, 0.717) is 17.6 Å². The average Bonchev–Trinajstić information content (AvgIpc) is 2.75. The van der Waals surface area contributed by atoms with Gasteiger partial charge in [0.2, 0.25) is 0 Å². The molecule has 0 bridgehead atoms. The molecule has 0 aliphatic carbocycles. The summed E-state index contributed by atoms with van der Waals surface area (Å²) in [6.07, 6.45) is 8.26. The van der Waals surface area contributed by atoms with Crippen molar-refractivity contribution in [3.8, 4) is 0 Å². The molecule has 2 heterocycles. The first-order valence-corrected chi connectivity index (χ1v) is 10.6. The third-order valence-electron chi connectivity index (χ3n) is 4.02. The van der Waals surface area contributed by atoms with Gasteiger partial charge in [-0.05, 0) is 43.5 Å². The van der Waals surface area contributed by atoms with Crippen molar-refractivity contribution in [2.45, 2.75) is 67.7 Å². The second-order valence-electron chi connectivity index (χ2n) is 6.44. The number of allylic oxidation sites excluding steroid dienone is 5. The van der Waals surface area contributed by atoms with Crippen LogP contribution in [-0.4, -0.2) is 17.0 Å². The fourth-order valence-electron chi connectivity index (χ4n) is 2.67. The fourth-order valence-corrected chi connectivity index (χ4v) is 2.67. The van der Waals surface area contributed by atoms with Crippen LogP contribution in [0.15, 0.2) is 54.2 Å². The van der Waals surface area contributed by atoms with Crippen LogP contribution in [0.2, 0.25) is 0 Å². The first-order chi connectivity index (χ1) is 13.9. The van der Waals surface area contributed by atoms with Crippen LogP contribution < -0.4 is 5.32 Å². The number of rotatable bonds is 6. The zero-order chi connectivity index (χ0) is 22.4. The van der Waals surface area contributed by atoms with Gasteiger partial charge in [0.1, 0.15) is 11.6 Å². The summed E-state index contributed by atoms with van der Waals surface area (Å²) in [6, 6.07) is 3.88. The zero-order valence-electron chi connectivity index (χ0n) is 19.5. The Hall–Kier alpha value is -2.49. The van der Waals surface area contributed by atoms with Crippen LogP contribution in [0.3, 0.4) is 0 Å². The van der Waals surface area contributed by atoms with Crippen LogP contribution in [0.4, 0.5) is 10.2 Å². The van der Waals surface area contributed by atoms with E-state index in [1.165, 1.54) is 6.42 Å². The van der Waals surface area contributed by atoms with Gasteiger partial charge in [-0.15, -0.1) is 0 Å². The monoisotopic (exact) mass is 399 g/mol. The number of fused-ring (bicyclic) bond motifs is 1. The number of nitrogens with zero attached hydrogens (tertiary/aromatic N) is 2. The molecule has 2 aromatic rings. The molecule has 0 aliphatic rings. The second-order valence-corrected chi connectivity index (χ2v) is 6.44. The van der Waals surface area contributed by atoms with Crippen molar-refractivity contribution in [2.24, 2.45) is 0 Å². The van der Waals surface area contributed by atoms with E-state index in [0.717, 1.165) is 34.3 Å². The SMILES string of the molecule is C=C(CCC)/C(F)=C(C)\C(=C/C)c1cc2cnc(NC)cc2cn1.CC.CCC. The first-order valence-electron chi connectivity index (χ1n) is 10.6. The number of pyridine rings is 2. The molecule has 0 aromatic carbocycles. The van der Waals surface area contributed by atoms with E-state index in [1.807, 2.05) is 53.0 Å². The third kappa shape index (κ3) is 7.80. The molecule has 0 unspecified atom stereocenters. The summed E-state index contributed by atoms with van der Waals surface area (Å²) in [5, 5.41) is 4.97. The molecular formula is C25H38FN3. The number of hydrogen-bond donors (Lipinski definition) is 1. The molecule has 0 saturated carbocycles. The Labute approximate surface area is 176 Å². The normalized spacial score (nSPS) is 11.6. The van der Waals surface area contributed by atoms with Crippen LogP contribution in [0, 0.1) is 0 Å². The Morgan fingerprint density at radius 3 is 2.17 bits per heavy atom. The highest BCUT2D eigenvalue weighted by Crippen LogP contribution is 2.30. The van der Waals surface area contributed by atoms with Gasteiger partial charge in [-0.1, -0.05) is 60.1 Å². The van der Waals surface area contributed by atoms with Crippen molar-refractivity contribution in [1.82, 2.24) is 9.97 Å². The maximum Gasteiger partial charge on any atom is 0.129 e. The molecule has 2 aromatic heterocycles. The van der Waals surface area contributed by atoms with E-state index in [-0.39, 0.29) is 5.83 Å². The van der Waals surface area contributed by atoms with Crippen molar-refractivity contribution in [2.75, 3.05) is 12.4 Å². The quantitative estimate of drug-likeness (QED) is 0.498. The van der Waals surface area contributed by atoms with Gasteiger partial charge in [0, 0.05) is 35.8 Å². The lowest BCUT2D eigenvalue weighted by molar-refractivity contribution is 0.629. The van der Waals surface area contributed by atoms with E-state index in [2.05, 4.69) is 35.7 Å². The number of aromatic nitrogens is 2. The summed E-state index contributed by atoms with van der Waals surface area (Å²) in [6.45, 7) is 17.8. The maximum absolute atomic E-state index is 14.6. The van der Waals surface area contributed by atoms with Crippen molar-refractivity contribution in [1.29, 1.82) is 0 Å². The van der Waals surface area contributed by atoms with Crippen LogP contribution in [0.25, 0.3) is 16.3 Å². The van der Waals surface area contributed by atoms with Crippen molar-refractivity contribution < 1.29 is 4.39 Å². The Morgan fingerprint density at radius 2 is 1.66 bits per heavy atom. The molecular weight excluding hydrogens is 361 g/mol. The maximum atomic E-state index is 14.6. The molecule has 160 valence electrons. The molecule has 0 aliphatic heterocycles. The number of anilines is 1. The van der Waals surface area contributed by atoms with E-state index in [9.17, 15) is 4.39 Å². The zero-order valence-corrected chi connectivity index (χ0v) is 19.5. The lowest BCUT2D eigenvalue weighted by Crippen LogP contribution is -1.96. The number of nitrogens with one attached hydrogen (secondary N) is 1. The lowest BCUT2D eigenvalue weighted by Gasteiger charge is -2.12. The summed E-state index contributed by atoms with van der Waals surface area (Å²) in [4.78, 5) is 8.83. The van der Waals surface area contributed by atoms with Crippen LogP contribution in [-0.2, 0) is 0 Å². The molecule has 0 radical (unpaired) electrons. The molecule has 0 amide bonds. The minimum atomic E-state index is -0.240. The lowest BCUT2D eigenvalue weighted by atomic mass is 9.98. The topological polar surface area (TPSA) is 37.8 Å². The first kappa shape index (κ1) is 26.5. The highest BCUT2D eigenvalue weighted by atomic mass is 19.1. The summed E-state index contributed by atoms with van der Waals surface area (Å²) in [7, 11) is 1.83. The number of hydrogen-bond acceptors (Lipinski definition) is 3. The van der Waals surface area contributed by atoms with E-state index in [1.54, 1.807) is 19.3 Å². The average molecular weight is 400 g/mol. The number of halogens is 1. The summed E-state index contributed by atoms with van der Waals surface area (Å²) >= 11 is 0. The van der Waals surface area contributed by atoms with Gasteiger partial charge in [-0.2, -0.15) is 0 Å². The summed E-state index contributed by atoms with van der Waals surface area (Å²) in [5.74, 6) is 0.553. The van der Waals surface area contributed by atoms with E-state index >= 15 is 0 Å². The van der Waals surface area contributed by atoms with Crippen LogP contribution in [0.1, 0.15) is 73.4 Å². The van der Waals surface area contributed by atoms with Gasteiger partial charge < -0.3 is 5.32 Å². The standard InChI is InChI=1S/C20H24FN3.C3H8.C2H6/c1-6-8-13(3)20(21)14(4)17(7-2)18-9-15-12-24-19(22-5)10-16(15)11-23-18;1-3-2;1-2/h7,9-12H,3,6,8H2,1-2,4-5H3,(H,22,24);3H2,1-2H3;1-2H3/b17-7+,20-14+;;. The van der Waals surface area contributed by atoms with E-state index in [4.69, 9.17) is 0 Å². The molecule has 4 heteroatoms. The van der Waals surface area contributed by atoms with Gasteiger partial charge in [0.25, 0.3) is 0 Å². The highest BCUT2D eigenvalue weighted by Gasteiger charge is 2.13. The molecule has 2 rings (SSSR count). The molecule has 0 spiro atoms. The van der Waals surface area contributed by atoms with Gasteiger partial charge in [-0.3, -0.25) is 4.98 Å². The van der Waals surface area contributed by atoms with Crippen LogP contribution in [0.5, 0.6) is 0 Å². The van der Waals surface area contributed by atoms with Gasteiger partial charge in [0.15, 0.2) is 0 Å². The predicted molar refractivity (Wildman–Crippen MR) is 128 cm³/mol. The minimum Gasteiger partial charge on any atom is -0.373 e. The Morgan fingerprint density at radius 1 is 1.10 bits per heavy atom. The van der Waals surface area contributed by atoms with Gasteiger partial charge >= 0.3 is 0 Å². The summed E-state index contributed by atoms with van der Waals surface area (Å²) in [5.41, 5.74) is 2.63. The van der Waals surface area contributed by atoms with E-state index < -0.39 is 0 Å². The molecule has 0 fully saturated rings. The third-order valence-corrected chi connectivity index (χ3v) is 4.02. The smallest absolute Gasteiger partial charge is 0.129 e.